The van der Waals surface area contributed by atoms with Crippen LogP contribution < -0.4 is 0 Å². The third-order valence-corrected chi connectivity index (χ3v) is 17.3. The lowest BCUT2D eigenvalue weighted by Gasteiger charge is -2.17. The maximum absolute atomic E-state index is 5.35. The third kappa shape index (κ3) is 6.73. The lowest BCUT2D eigenvalue weighted by molar-refractivity contribution is 1.09. The molecular weight excluding hydrogens is 1010 g/mol. The molecule has 0 spiro atoms. The highest BCUT2D eigenvalue weighted by Crippen LogP contribution is 2.42. The van der Waals surface area contributed by atoms with Crippen molar-refractivity contribution in [2.45, 2.75) is 0 Å². The Hall–Kier alpha value is -11.3. The second kappa shape index (κ2) is 17.6. The average molecular weight is 1060 g/mol. The van der Waals surface area contributed by atoms with E-state index in [1.807, 2.05) is 6.20 Å². The maximum Gasteiger partial charge on any atom is 0.0894 e. The first kappa shape index (κ1) is 45.6. The van der Waals surface area contributed by atoms with Crippen molar-refractivity contribution in [2.24, 2.45) is 0 Å². The van der Waals surface area contributed by atoms with Crippen LogP contribution in [-0.4, -0.2) is 32.8 Å². The number of nitrogens with zero attached hydrogens (tertiary/aromatic N) is 7. The largest absolute Gasteiger partial charge is 0.309 e. The van der Waals surface area contributed by atoms with E-state index in [-0.39, 0.29) is 0 Å². The minimum absolute atomic E-state index is 0.795. The van der Waals surface area contributed by atoms with Crippen LogP contribution in [0, 0.1) is 0 Å². The van der Waals surface area contributed by atoms with Gasteiger partial charge in [0, 0.05) is 71.4 Å². The van der Waals surface area contributed by atoms with Crippen molar-refractivity contribution in [1.29, 1.82) is 0 Å². The van der Waals surface area contributed by atoms with Crippen molar-refractivity contribution in [1.82, 2.24) is 32.8 Å². The van der Waals surface area contributed by atoms with Crippen LogP contribution in [0.1, 0.15) is 0 Å². The Balaban J connectivity index is 0.837. The lowest BCUT2D eigenvalue weighted by atomic mass is 10.0. The second-order valence-electron chi connectivity index (χ2n) is 21.8. The molecule has 0 aliphatic carbocycles. The standard InChI is InChI=1S/C76H47N7/c1-10-28-67-55(19-1)56-20-2-11-29-68(56)79(67)50-39-49(40-51(42-50)80-69-30-12-3-21-57(69)58-22-4-13-31-70(58)80)48-37-38-77-65(41-48)66-46-64-63-27-9-18-36-75(63)83(76(64)47-78-66)54-44-52(81-71-32-14-5-23-59(71)60-24-6-15-33-72(60)81)43-53(45-54)82-73-34-16-7-25-61(73)62-26-8-17-35-74(62)82/h1-47H. The Morgan fingerprint density at radius 3 is 0.759 bits per heavy atom. The van der Waals surface area contributed by atoms with Crippen LogP contribution in [0.4, 0.5) is 0 Å². The number of para-hydroxylation sites is 9. The molecule has 0 unspecified atom stereocenters. The molecule has 18 rings (SSSR count). The predicted molar refractivity (Wildman–Crippen MR) is 345 cm³/mol. The predicted octanol–water partition coefficient (Wildman–Crippen LogP) is 19.3. The van der Waals surface area contributed by atoms with Crippen LogP contribution in [0.5, 0.6) is 0 Å². The minimum atomic E-state index is 0.795. The molecule has 7 heterocycles. The fourth-order valence-electron chi connectivity index (χ4n) is 13.8. The van der Waals surface area contributed by atoms with Crippen LogP contribution in [0.25, 0.3) is 160 Å². The summed E-state index contributed by atoms with van der Waals surface area (Å²) in [5.41, 5.74) is 20.4. The molecule has 0 saturated carbocycles. The van der Waals surface area contributed by atoms with Crippen LogP contribution in [0.2, 0.25) is 0 Å². The van der Waals surface area contributed by atoms with Crippen molar-refractivity contribution in [3.63, 3.8) is 0 Å². The van der Waals surface area contributed by atoms with Crippen LogP contribution >= 0.6 is 0 Å². The number of aromatic nitrogens is 7. The van der Waals surface area contributed by atoms with Gasteiger partial charge in [-0.3, -0.25) is 9.97 Å². The number of hydrogen-bond acceptors (Lipinski definition) is 2. The normalized spacial score (nSPS) is 12.1. The molecular formula is C76H47N7. The minimum Gasteiger partial charge on any atom is -0.309 e. The highest BCUT2D eigenvalue weighted by Gasteiger charge is 2.22. The summed E-state index contributed by atoms with van der Waals surface area (Å²) in [7, 11) is 0. The summed E-state index contributed by atoms with van der Waals surface area (Å²) in [6.45, 7) is 0. The van der Waals surface area contributed by atoms with Gasteiger partial charge >= 0.3 is 0 Å². The van der Waals surface area contributed by atoms with Gasteiger partial charge in [-0.2, -0.15) is 0 Å². The monoisotopic (exact) mass is 1060 g/mol. The molecule has 0 aliphatic heterocycles. The van der Waals surface area contributed by atoms with Crippen molar-refractivity contribution >= 4 is 109 Å². The first-order valence-corrected chi connectivity index (χ1v) is 28.3. The quantitative estimate of drug-likeness (QED) is 0.160. The van der Waals surface area contributed by atoms with Gasteiger partial charge in [0.05, 0.1) is 89.8 Å². The first-order valence-electron chi connectivity index (χ1n) is 28.3. The summed E-state index contributed by atoms with van der Waals surface area (Å²) in [5, 5.41) is 12.0. The molecule has 0 fully saturated rings. The van der Waals surface area contributed by atoms with Crippen molar-refractivity contribution in [3.8, 4) is 51.0 Å². The van der Waals surface area contributed by atoms with E-state index in [2.05, 4.69) is 302 Å². The molecule has 7 heteroatoms. The number of hydrogen-bond donors (Lipinski definition) is 0. The second-order valence-corrected chi connectivity index (χ2v) is 21.8. The molecule has 0 saturated heterocycles. The zero-order valence-electron chi connectivity index (χ0n) is 44.8. The van der Waals surface area contributed by atoms with E-state index in [0.717, 1.165) is 117 Å². The van der Waals surface area contributed by atoms with Gasteiger partial charge in [-0.15, -0.1) is 0 Å². The Morgan fingerprint density at radius 1 is 0.193 bits per heavy atom. The molecule has 0 N–H and O–H groups in total. The Bertz CT molecular complexity index is 5250. The zero-order valence-corrected chi connectivity index (χ0v) is 44.8. The highest BCUT2D eigenvalue weighted by molar-refractivity contribution is 6.14. The van der Waals surface area contributed by atoms with E-state index in [1.165, 1.54) is 43.1 Å². The fraction of sp³-hybridized carbons (Fsp3) is 0. The van der Waals surface area contributed by atoms with Gasteiger partial charge < -0.3 is 22.8 Å². The summed E-state index contributed by atoms with van der Waals surface area (Å²) in [6, 6.07) is 99.4. The topological polar surface area (TPSA) is 50.4 Å². The zero-order chi connectivity index (χ0) is 54.3. The summed E-state index contributed by atoms with van der Waals surface area (Å²) in [4.78, 5) is 10.4. The molecule has 0 amide bonds. The summed E-state index contributed by atoms with van der Waals surface area (Å²) < 4.78 is 12.1. The van der Waals surface area contributed by atoms with Gasteiger partial charge in [-0.1, -0.05) is 164 Å². The third-order valence-electron chi connectivity index (χ3n) is 17.3. The number of pyridine rings is 2. The van der Waals surface area contributed by atoms with E-state index in [4.69, 9.17) is 9.97 Å². The number of fused-ring (bicyclic) bond motifs is 15. The van der Waals surface area contributed by atoms with Gasteiger partial charge in [-0.25, -0.2) is 0 Å². The van der Waals surface area contributed by atoms with Crippen molar-refractivity contribution in [2.75, 3.05) is 0 Å². The van der Waals surface area contributed by atoms with E-state index < -0.39 is 0 Å². The molecule has 18 aromatic rings. The summed E-state index contributed by atoms with van der Waals surface area (Å²) in [6.07, 6.45) is 3.99. The highest BCUT2D eigenvalue weighted by atomic mass is 15.1. The van der Waals surface area contributed by atoms with E-state index in [9.17, 15) is 0 Å². The Kier molecular flexibility index (Phi) is 9.67. The number of rotatable bonds is 7. The van der Waals surface area contributed by atoms with E-state index in [1.54, 1.807) is 0 Å². The smallest absolute Gasteiger partial charge is 0.0894 e. The van der Waals surface area contributed by atoms with Gasteiger partial charge in [0.1, 0.15) is 0 Å². The van der Waals surface area contributed by atoms with Gasteiger partial charge in [0.2, 0.25) is 0 Å². The van der Waals surface area contributed by atoms with Crippen LogP contribution in [0.15, 0.2) is 285 Å². The fourth-order valence-corrected chi connectivity index (χ4v) is 13.8. The molecule has 0 bridgehead atoms. The lowest BCUT2D eigenvalue weighted by Crippen LogP contribution is -2.03. The van der Waals surface area contributed by atoms with Gasteiger partial charge in [0.25, 0.3) is 0 Å². The van der Waals surface area contributed by atoms with Gasteiger partial charge in [-0.05, 0) is 120 Å². The SMILES string of the molecule is c1ccc2c(c1)c1ccccc1n2-c1cc(-c2ccnc(-c3cc4c5ccccc5n(-c5cc(-n6c7ccccc7c7ccccc76)cc(-n6c7ccccc7c7ccccc76)c5)c4cn3)c2)cc(-n2c3ccccc3c3ccccc32)c1. The van der Waals surface area contributed by atoms with Gasteiger partial charge in [0.15, 0.2) is 0 Å². The van der Waals surface area contributed by atoms with E-state index in [0.29, 0.717) is 0 Å². The van der Waals surface area contributed by atoms with Crippen LogP contribution in [0.3, 0.4) is 0 Å². The molecule has 7 nitrogen and oxygen atoms in total. The molecule has 7 aromatic heterocycles. The molecule has 0 radical (unpaired) electrons. The van der Waals surface area contributed by atoms with Crippen molar-refractivity contribution in [3.05, 3.63) is 285 Å². The summed E-state index contributed by atoms with van der Waals surface area (Å²) >= 11 is 0. The molecule has 386 valence electrons. The number of benzene rings is 11. The average Bonchev–Trinajstić information content (AvgIpc) is 4.33. The van der Waals surface area contributed by atoms with E-state index >= 15 is 0 Å². The first-order chi connectivity index (χ1) is 41.2. The van der Waals surface area contributed by atoms with Crippen molar-refractivity contribution < 1.29 is 0 Å². The Labute approximate surface area is 475 Å². The maximum atomic E-state index is 5.35. The Morgan fingerprint density at radius 2 is 0.446 bits per heavy atom. The summed E-state index contributed by atoms with van der Waals surface area (Å²) in [5.74, 6) is 0. The molecule has 83 heavy (non-hydrogen) atoms. The molecule has 0 aliphatic rings. The molecule has 0 atom stereocenters. The molecule has 11 aromatic carbocycles. The van der Waals surface area contributed by atoms with Crippen LogP contribution in [-0.2, 0) is 0 Å².